The largest absolute Gasteiger partial charge is 0.493 e. The molecule has 0 aromatic heterocycles. The van der Waals surface area contributed by atoms with Crippen LogP contribution in [-0.4, -0.2) is 20.3 Å². The topological polar surface area (TPSA) is 30.5 Å². The summed E-state index contributed by atoms with van der Waals surface area (Å²) in [6.45, 7) is 4.78. The van der Waals surface area contributed by atoms with Gasteiger partial charge in [0.15, 0.2) is 11.5 Å². The van der Waals surface area contributed by atoms with E-state index in [1.54, 1.807) is 7.11 Å². The SMILES string of the molecule is CCNCc1ccc(OCC2CCCC2)c(OC)c1. The minimum Gasteiger partial charge on any atom is -0.493 e. The molecule has 1 aliphatic carbocycles. The van der Waals surface area contributed by atoms with Gasteiger partial charge in [-0.3, -0.25) is 0 Å². The Balaban J connectivity index is 1.94. The van der Waals surface area contributed by atoms with Gasteiger partial charge in [0.2, 0.25) is 0 Å². The van der Waals surface area contributed by atoms with Gasteiger partial charge in [-0.05, 0) is 43.0 Å². The third-order valence-electron chi connectivity index (χ3n) is 3.76. The molecular weight excluding hydrogens is 238 g/mol. The number of hydrogen-bond donors (Lipinski definition) is 1. The van der Waals surface area contributed by atoms with Gasteiger partial charge in [0.25, 0.3) is 0 Å². The Morgan fingerprint density at radius 3 is 2.68 bits per heavy atom. The lowest BCUT2D eigenvalue weighted by molar-refractivity contribution is 0.240. The zero-order valence-electron chi connectivity index (χ0n) is 12.1. The maximum Gasteiger partial charge on any atom is 0.161 e. The molecule has 0 spiro atoms. The van der Waals surface area contributed by atoms with Crippen LogP contribution in [0.25, 0.3) is 0 Å². The van der Waals surface area contributed by atoms with Crippen LogP contribution in [0.5, 0.6) is 11.5 Å². The first kappa shape index (κ1) is 14.2. The van der Waals surface area contributed by atoms with Crippen molar-refractivity contribution in [3.05, 3.63) is 23.8 Å². The van der Waals surface area contributed by atoms with Crippen molar-refractivity contribution in [2.24, 2.45) is 5.92 Å². The van der Waals surface area contributed by atoms with E-state index in [1.807, 2.05) is 6.07 Å². The molecule has 0 saturated heterocycles. The summed E-state index contributed by atoms with van der Waals surface area (Å²) in [5.41, 5.74) is 1.23. The molecular formula is C16H25NO2. The Kier molecular flexibility index (Phi) is 5.52. The van der Waals surface area contributed by atoms with Crippen LogP contribution >= 0.6 is 0 Å². The van der Waals surface area contributed by atoms with E-state index in [0.29, 0.717) is 0 Å². The minimum absolute atomic E-state index is 0.728. The van der Waals surface area contributed by atoms with Crippen LogP contribution in [0.15, 0.2) is 18.2 Å². The summed E-state index contributed by atoms with van der Waals surface area (Å²) >= 11 is 0. The van der Waals surface area contributed by atoms with E-state index in [2.05, 4.69) is 24.4 Å². The molecule has 1 aromatic rings. The van der Waals surface area contributed by atoms with Gasteiger partial charge in [0.1, 0.15) is 0 Å². The highest BCUT2D eigenvalue weighted by Gasteiger charge is 2.16. The summed E-state index contributed by atoms with van der Waals surface area (Å²) in [7, 11) is 1.70. The average molecular weight is 263 g/mol. The van der Waals surface area contributed by atoms with Gasteiger partial charge in [0.05, 0.1) is 13.7 Å². The molecule has 0 atom stereocenters. The maximum absolute atomic E-state index is 5.93. The normalized spacial score (nSPS) is 15.7. The van der Waals surface area contributed by atoms with Crippen molar-refractivity contribution >= 4 is 0 Å². The van der Waals surface area contributed by atoms with E-state index >= 15 is 0 Å². The molecule has 0 heterocycles. The predicted octanol–water partition coefficient (Wildman–Crippen LogP) is 3.37. The third-order valence-corrected chi connectivity index (χ3v) is 3.76. The van der Waals surface area contributed by atoms with Gasteiger partial charge in [-0.15, -0.1) is 0 Å². The van der Waals surface area contributed by atoms with Crippen molar-refractivity contribution in [3.63, 3.8) is 0 Å². The lowest BCUT2D eigenvalue weighted by Crippen LogP contribution is -2.12. The second-order valence-corrected chi connectivity index (χ2v) is 5.23. The number of ether oxygens (including phenoxy) is 2. The van der Waals surface area contributed by atoms with Crippen LogP contribution < -0.4 is 14.8 Å². The van der Waals surface area contributed by atoms with E-state index in [-0.39, 0.29) is 0 Å². The summed E-state index contributed by atoms with van der Waals surface area (Å²) in [4.78, 5) is 0. The first-order valence-electron chi connectivity index (χ1n) is 7.34. The molecule has 1 aliphatic rings. The first-order valence-corrected chi connectivity index (χ1v) is 7.34. The average Bonchev–Trinajstić information content (AvgIpc) is 2.96. The molecule has 0 radical (unpaired) electrons. The number of hydrogen-bond acceptors (Lipinski definition) is 3. The van der Waals surface area contributed by atoms with E-state index in [9.17, 15) is 0 Å². The molecule has 3 heteroatoms. The van der Waals surface area contributed by atoms with Gasteiger partial charge >= 0.3 is 0 Å². The van der Waals surface area contributed by atoms with Gasteiger partial charge in [-0.25, -0.2) is 0 Å². The molecule has 2 rings (SSSR count). The van der Waals surface area contributed by atoms with Crippen molar-refractivity contribution in [1.29, 1.82) is 0 Å². The Bertz CT molecular complexity index is 386. The smallest absolute Gasteiger partial charge is 0.161 e. The van der Waals surface area contributed by atoms with Crippen molar-refractivity contribution in [1.82, 2.24) is 5.32 Å². The van der Waals surface area contributed by atoms with Crippen molar-refractivity contribution in [2.45, 2.75) is 39.2 Å². The van der Waals surface area contributed by atoms with Crippen LogP contribution in [0, 0.1) is 5.92 Å². The molecule has 1 fully saturated rings. The van der Waals surface area contributed by atoms with Gasteiger partial charge < -0.3 is 14.8 Å². The zero-order chi connectivity index (χ0) is 13.5. The lowest BCUT2D eigenvalue weighted by Gasteiger charge is -2.15. The van der Waals surface area contributed by atoms with E-state index in [1.165, 1.54) is 31.2 Å². The fraction of sp³-hybridized carbons (Fsp3) is 0.625. The maximum atomic E-state index is 5.93. The summed E-state index contributed by atoms with van der Waals surface area (Å²) in [5.74, 6) is 2.44. The highest BCUT2D eigenvalue weighted by Crippen LogP contribution is 2.31. The van der Waals surface area contributed by atoms with Gasteiger partial charge in [0, 0.05) is 6.54 Å². The molecule has 0 aliphatic heterocycles. The standard InChI is InChI=1S/C16H25NO2/c1-3-17-11-14-8-9-15(16(10-14)18-2)19-12-13-6-4-5-7-13/h8-10,13,17H,3-7,11-12H2,1-2H3. The molecule has 106 valence electrons. The fourth-order valence-corrected chi connectivity index (χ4v) is 2.60. The van der Waals surface area contributed by atoms with Crippen molar-refractivity contribution < 1.29 is 9.47 Å². The number of rotatable bonds is 7. The summed E-state index contributed by atoms with van der Waals surface area (Å²) in [6.07, 6.45) is 5.32. The summed E-state index contributed by atoms with van der Waals surface area (Å²) in [5, 5.41) is 3.32. The van der Waals surface area contributed by atoms with Crippen LogP contribution in [0.2, 0.25) is 0 Å². The monoisotopic (exact) mass is 263 g/mol. The van der Waals surface area contributed by atoms with Crippen LogP contribution in [0.4, 0.5) is 0 Å². The molecule has 1 saturated carbocycles. The highest BCUT2D eigenvalue weighted by molar-refractivity contribution is 5.42. The predicted molar refractivity (Wildman–Crippen MR) is 77.8 cm³/mol. The Morgan fingerprint density at radius 2 is 2.00 bits per heavy atom. The fourth-order valence-electron chi connectivity index (χ4n) is 2.60. The quantitative estimate of drug-likeness (QED) is 0.818. The second kappa shape index (κ2) is 7.39. The molecule has 3 nitrogen and oxygen atoms in total. The van der Waals surface area contributed by atoms with E-state index in [0.717, 1.165) is 37.1 Å². The zero-order valence-corrected chi connectivity index (χ0v) is 12.1. The van der Waals surface area contributed by atoms with E-state index in [4.69, 9.17) is 9.47 Å². The Hall–Kier alpha value is -1.22. The number of nitrogens with one attached hydrogen (secondary N) is 1. The molecule has 1 N–H and O–H groups in total. The first-order chi connectivity index (χ1) is 9.33. The van der Waals surface area contributed by atoms with Crippen LogP contribution in [-0.2, 0) is 6.54 Å². The number of benzene rings is 1. The van der Waals surface area contributed by atoms with Crippen LogP contribution in [0.1, 0.15) is 38.2 Å². The molecule has 0 bridgehead atoms. The van der Waals surface area contributed by atoms with Crippen molar-refractivity contribution in [2.75, 3.05) is 20.3 Å². The number of methoxy groups -OCH3 is 1. The minimum atomic E-state index is 0.728. The molecule has 0 amide bonds. The Morgan fingerprint density at radius 1 is 1.21 bits per heavy atom. The van der Waals surface area contributed by atoms with Crippen LogP contribution in [0.3, 0.4) is 0 Å². The highest BCUT2D eigenvalue weighted by atomic mass is 16.5. The molecule has 0 unspecified atom stereocenters. The molecule has 19 heavy (non-hydrogen) atoms. The Labute approximate surface area is 116 Å². The molecule has 1 aromatic carbocycles. The lowest BCUT2D eigenvalue weighted by atomic mass is 10.1. The summed E-state index contributed by atoms with van der Waals surface area (Å²) in [6, 6.07) is 6.20. The van der Waals surface area contributed by atoms with Gasteiger partial charge in [-0.2, -0.15) is 0 Å². The summed E-state index contributed by atoms with van der Waals surface area (Å²) < 4.78 is 11.4. The van der Waals surface area contributed by atoms with Crippen molar-refractivity contribution in [3.8, 4) is 11.5 Å². The van der Waals surface area contributed by atoms with Gasteiger partial charge in [-0.1, -0.05) is 25.8 Å². The second-order valence-electron chi connectivity index (χ2n) is 5.23. The van der Waals surface area contributed by atoms with E-state index < -0.39 is 0 Å². The third kappa shape index (κ3) is 4.13.